The Bertz CT molecular complexity index is 1520. The molecule has 0 fully saturated rings. The summed E-state index contributed by atoms with van der Waals surface area (Å²) in [4.78, 5) is 14.8. The monoisotopic (exact) mass is 537 g/mol. The van der Waals surface area contributed by atoms with Crippen LogP contribution in [0.4, 0.5) is 0 Å². The first-order valence-electron chi connectivity index (χ1n) is 11.0. The number of allylic oxidation sites excluding steroid dienone is 1. The Hall–Kier alpha value is -3.38. The van der Waals surface area contributed by atoms with Gasteiger partial charge in [-0.2, -0.15) is 0 Å². The number of benzene rings is 4. The minimum atomic E-state index is 0.707. The van der Waals surface area contributed by atoms with Crippen molar-refractivity contribution in [3.63, 3.8) is 0 Å². The van der Waals surface area contributed by atoms with Crippen LogP contribution in [0.3, 0.4) is 0 Å². The number of hydrogen-bond acceptors (Lipinski definition) is 3. The maximum Gasteiger partial charge on any atom is 0.164 e. The van der Waals surface area contributed by atoms with Gasteiger partial charge in [0.15, 0.2) is 17.5 Å². The molecule has 0 atom stereocenters. The smallest absolute Gasteiger partial charge is 0.164 e. The molecule has 33 heavy (non-hydrogen) atoms. The number of fused-ring (bicyclic) bond motifs is 2. The summed E-state index contributed by atoms with van der Waals surface area (Å²) in [6, 6.07) is 31.7. The van der Waals surface area contributed by atoms with Gasteiger partial charge in [-0.25, -0.2) is 15.0 Å². The van der Waals surface area contributed by atoms with Gasteiger partial charge in [0.2, 0.25) is 0 Å². The lowest BCUT2D eigenvalue weighted by atomic mass is 9.92. The van der Waals surface area contributed by atoms with Gasteiger partial charge in [-0.3, -0.25) is 0 Å². The van der Waals surface area contributed by atoms with Gasteiger partial charge in [0.1, 0.15) is 0 Å². The Morgan fingerprint density at radius 1 is 0.576 bits per heavy atom. The van der Waals surface area contributed by atoms with E-state index in [0.29, 0.717) is 11.6 Å². The van der Waals surface area contributed by atoms with Crippen LogP contribution in [0.25, 0.3) is 45.2 Å². The molecular formula is C29H20IN3. The second kappa shape index (κ2) is 8.52. The molecule has 0 aliphatic heterocycles. The SMILES string of the molecule is Ic1ccc(-c2nc(C3=Cc4ccccc4CC3)nc(-c3ccc4ccccc4c3)n2)cc1. The predicted octanol–water partition coefficient (Wildman–Crippen LogP) is 7.45. The van der Waals surface area contributed by atoms with E-state index in [-0.39, 0.29) is 0 Å². The molecular weight excluding hydrogens is 517 g/mol. The van der Waals surface area contributed by atoms with Gasteiger partial charge >= 0.3 is 0 Å². The van der Waals surface area contributed by atoms with Crippen LogP contribution < -0.4 is 0 Å². The van der Waals surface area contributed by atoms with Crippen LogP contribution in [-0.2, 0) is 6.42 Å². The number of nitrogens with zero attached hydrogens (tertiary/aromatic N) is 3. The standard InChI is InChI=1S/C29H20IN3/c30-26-15-13-21(14-16-26)27-31-28(24-11-9-19-5-1-3-7-22(19)17-24)33-29(32-27)25-12-10-20-6-2-4-8-23(20)18-25/h1-9,11,13-18H,10,12H2. The van der Waals surface area contributed by atoms with Crippen molar-refractivity contribution >= 4 is 45.0 Å². The van der Waals surface area contributed by atoms with Crippen molar-refractivity contribution in [2.75, 3.05) is 0 Å². The largest absolute Gasteiger partial charge is 0.209 e. The molecule has 1 aromatic heterocycles. The van der Waals surface area contributed by atoms with Crippen molar-refractivity contribution in [2.24, 2.45) is 0 Å². The lowest BCUT2D eigenvalue weighted by Crippen LogP contribution is -2.06. The fourth-order valence-corrected chi connectivity index (χ4v) is 4.67. The van der Waals surface area contributed by atoms with Crippen LogP contribution in [0, 0.1) is 3.57 Å². The zero-order valence-electron chi connectivity index (χ0n) is 17.9. The Morgan fingerprint density at radius 3 is 2.09 bits per heavy atom. The molecule has 0 saturated carbocycles. The third-order valence-corrected chi connectivity index (χ3v) is 6.80. The van der Waals surface area contributed by atoms with Gasteiger partial charge in [-0.1, -0.05) is 72.8 Å². The van der Waals surface area contributed by atoms with Gasteiger partial charge < -0.3 is 0 Å². The second-order valence-corrected chi connectivity index (χ2v) is 9.49. The highest BCUT2D eigenvalue weighted by Crippen LogP contribution is 2.31. The lowest BCUT2D eigenvalue weighted by Gasteiger charge is -2.16. The van der Waals surface area contributed by atoms with E-state index in [9.17, 15) is 0 Å². The van der Waals surface area contributed by atoms with E-state index < -0.39 is 0 Å². The molecule has 1 aliphatic carbocycles. The Morgan fingerprint density at radius 2 is 1.24 bits per heavy atom. The third-order valence-electron chi connectivity index (χ3n) is 6.08. The Balaban J connectivity index is 1.52. The van der Waals surface area contributed by atoms with Gasteiger partial charge in [-0.15, -0.1) is 0 Å². The molecule has 0 amide bonds. The van der Waals surface area contributed by atoms with E-state index in [1.807, 2.05) is 0 Å². The summed E-state index contributed by atoms with van der Waals surface area (Å²) in [6.45, 7) is 0. The first-order valence-corrected chi connectivity index (χ1v) is 12.1. The second-order valence-electron chi connectivity index (χ2n) is 8.24. The highest BCUT2D eigenvalue weighted by atomic mass is 127. The van der Waals surface area contributed by atoms with E-state index in [1.165, 1.54) is 25.5 Å². The zero-order valence-corrected chi connectivity index (χ0v) is 20.0. The van der Waals surface area contributed by atoms with Gasteiger partial charge in [-0.05, 0) is 87.2 Å². The first kappa shape index (κ1) is 20.2. The summed E-state index contributed by atoms with van der Waals surface area (Å²) in [6.07, 6.45) is 4.15. The molecule has 6 rings (SSSR count). The minimum Gasteiger partial charge on any atom is -0.209 e. The summed E-state index contributed by atoms with van der Waals surface area (Å²) < 4.78 is 1.19. The molecule has 5 aromatic rings. The van der Waals surface area contributed by atoms with Crippen molar-refractivity contribution in [2.45, 2.75) is 12.8 Å². The van der Waals surface area contributed by atoms with Crippen LogP contribution in [0.1, 0.15) is 23.4 Å². The Kier molecular flexibility index (Phi) is 5.23. The predicted molar refractivity (Wildman–Crippen MR) is 144 cm³/mol. The maximum atomic E-state index is 4.96. The van der Waals surface area contributed by atoms with E-state index in [2.05, 4.69) is 120 Å². The molecule has 0 radical (unpaired) electrons. The first-order chi connectivity index (χ1) is 16.2. The zero-order chi connectivity index (χ0) is 22.2. The molecule has 1 heterocycles. The number of hydrogen-bond donors (Lipinski definition) is 0. The molecule has 3 nitrogen and oxygen atoms in total. The van der Waals surface area contributed by atoms with Crippen molar-refractivity contribution in [3.05, 3.63) is 112 Å². The van der Waals surface area contributed by atoms with Crippen molar-refractivity contribution in [3.8, 4) is 22.8 Å². The molecule has 0 unspecified atom stereocenters. The molecule has 4 heteroatoms. The van der Waals surface area contributed by atoms with E-state index in [4.69, 9.17) is 15.0 Å². The molecule has 158 valence electrons. The van der Waals surface area contributed by atoms with Crippen LogP contribution in [0.5, 0.6) is 0 Å². The summed E-state index contributed by atoms with van der Waals surface area (Å²) in [5.41, 5.74) is 5.79. The molecule has 0 spiro atoms. The number of aryl methyl sites for hydroxylation is 1. The summed E-state index contributed by atoms with van der Waals surface area (Å²) >= 11 is 2.32. The molecule has 4 aromatic carbocycles. The topological polar surface area (TPSA) is 38.7 Å². The summed E-state index contributed by atoms with van der Waals surface area (Å²) in [7, 11) is 0. The molecule has 0 bridgehead atoms. The van der Waals surface area contributed by atoms with E-state index in [1.54, 1.807) is 0 Å². The lowest BCUT2D eigenvalue weighted by molar-refractivity contribution is 0.956. The molecule has 0 saturated heterocycles. The normalized spacial score (nSPS) is 12.9. The van der Waals surface area contributed by atoms with Gasteiger partial charge in [0.05, 0.1) is 0 Å². The number of aromatic nitrogens is 3. The highest BCUT2D eigenvalue weighted by molar-refractivity contribution is 14.1. The van der Waals surface area contributed by atoms with Gasteiger partial charge in [0.25, 0.3) is 0 Å². The minimum absolute atomic E-state index is 0.707. The van der Waals surface area contributed by atoms with E-state index >= 15 is 0 Å². The fourth-order valence-electron chi connectivity index (χ4n) is 4.31. The summed E-state index contributed by atoms with van der Waals surface area (Å²) in [5, 5.41) is 2.39. The maximum absolute atomic E-state index is 4.96. The Labute approximate surface area is 206 Å². The number of halogens is 1. The third kappa shape index (κ3) is 4.07. The van der Waals surface area contributed by atoms with E-state index in [0.717, 1.165) is 35.4 Å². The average Bonchev–Trinajstić information content (AvgIpc) is 2.88. The van der Waals surface area contributed by atoms with Crippen LogP contribution in [0.15, 0.2) is 91.0 Å². The number of rotatable bonds is 3. The van der Waals surface area contributed by atoms with Crippen LogP contribution in [0.2, 0.25) is 0 Å². The summed E-state index contributed by atoms with van der Waals surface area (Å²) in [5.74, 6) is 2.18. The quantitative estimate of drug-likeness (QED) is 0.225. The van der Waals surface area contributed by atoms with Crippen molar-refractivity contribution in [1.82, 2.24) is 15.0 Å². The van der Waals surface area contributed by atoms with Crippen molar-refractivity contribution < 1.29 is 0 Å². The average molecular weight is 537 g/mol. The fraction of sp³-hybridized carbons (Fsp3) is 0.0690. The van der Waals surface area contributed by atoms with Crippen LogP contribution >= 0.6 is 22.6 Å². The van der Waals surface area contributed by atoms with Gasteiger partial charge in [0, 0.05) is 14.7 Å². The van der Waals surface area contributed by atoms with Crippen molar-refractivity contribution in [1.29, 1.82) is 0 Å². The van der Waals surface area contributed by atoms with Crippen LogP contribution in [-0.4, -0.2) is 15.0 Å². The molecule has 0 N–H and O–H groups in total. The highest BCUT2D eigenvalue weighted by Gasteiger charge is 2.17. The molecule has 1 aliphatic rings.